The van der Waals surface area contributed by atoms with E-state index in [-0.39, 0.29) is 11.9 Å². The average Bonchev–Trinajstić information content (AvgIpc) is 3.26. The van der Waals surface area contributed by atoms with Gasteiger partial charge in [0, 0.05) is 17.3 Å². The summed E-state index contributed by atoms with van der Waals surface area (Å²) in [5.41, 5.74) is 1.88. The first-order valence-corrected chi connectivity index (χ1v) is 10.7. The normalized spacial score (nSPS) is 11.7. The summed E-state index contributed by atoms with van der Waals surface area (Å²) < 4.78 is 11.2. The summed E-state index contributed by atoms with van der Waals surface area (Å²) in [6, 6.07) is 20.0. The maximum absolute atomic E-state index is 12.6. The molecule has 0 radical (unpaired) electrons. The second kappa shape index (κ2) is 10.6. The Hall–Kier alpha value is -2.83. The predicted molar refractivity (Wildman–Crippen MR) is 117 cm³/mol. The van der Waals surface area contributed by atoms with E-state index >= 15 is 0 Å². The number of anilines is 1. The number of amides is 1. The fraction of sp³-hybridized carbons (Fsp3) is 0.261. The maximum atomic E-state index is 12.6. The lowest BCUT2D eigenvalue weighted by Gasteiger charge is -2.15. The SMILES string of the molecule is CCOc1ccc(NC(=O)C[NH2+][C@@H](c2ccccc2)c2cccs2)cc1OCC. The largest absolute Gasteiger partial charge is 0.490 e. The highest BCUT2D eigenvalue weighted by Gasteiger charge is 2.20. The van der Waals surface area contributed by atoms with Crippen LogP contribution in [0, 0.1) is 0 Å². The summed E-state index contributed by atoms with van der Waals surface area (Å²) in [5.74, 6) is 1.26. The highest BCUT2D eigenvalue weighted by atomic mass is 32.1. The van der Waals surface area contributed by atoms with Gasteiger partial charge in [0.25, 0.3) is 5.91 Å². The minimum atomic E-state index is -0.0610. The Morgan fingerprint density at radius 2 is 1.76 bits per heavy atom. The van der Waals surface area contributed by atoms with E-state index in [9.17, 15) is 4.79 Å². The molecule has 0 aliphatic rings. The number of ether oxygens (including phenoxy) is 2. The molecule has 0 spiro atoms. The van der Waals surface area contributed by atoms with Crippen molar-refractivity contribution in [2.45, 2.75) is 19.9 Å². The fourth-order valence-corrected chi connectivity index (χ4v) is 3.96. The standard InChI is InChI=1S/C23H26N2O3S/c1-3-27-19-13-12-18(15-20(19)28-4-2)25-22(26)16-24-23(21-11-8-14-29-21)17-9-6-5-7-10-17/h5-15,23-24H,3-4,16H2,1-2H3,(H,25,26)/p+1/t23-/m0/s1. The molecule has 0 bridgehead atoms. The van der Waals surface area contributed by atoms with Crippen LogP contribution in [0.1, 0.15) is 30.3 Å². The molecule has 152 valence electrons. The van der Waals surface area contributed by atoms with Crippen molar-refractivity contribution in [2.24, 2.45) is 0 Å². The molecule has 0 saturated carbocycles. The predicted octanol–water partition coefficient (Wildman–Crippen LogP) is 3.84. The first-order chi connectivity index (χ1) is 14.2. The van der Waals surface area contributed by atoms with Gasteiger partial charge in [-0.05, 0) is 37.4 Å². The number of nitrogens with one attached hydrogen (secondary N) is 1. The van der Waals surface area contributed by atoms with Gasteiger partial charge in [-0.2, -0.15) is 0 Å². The maximum Gasteiger partial charge on any atom is 0.279 e. The third kappa shape index (κ3) is 5.82. The summed E-state index contributed by atoms with van der Waals surface area (Å²) in [4.78, 5) is 13.8. The Morgan fingerprint density at radius 3 is 2.45 bits per heavy atom. The zero-order valence-electron chi connectivity index (χ0n) is 16.8. The number of rotatable bonds is 10. The van der Waals surface area contributed by atoms with Gasteiger partial charge >= 0.3 is 0 Å². The first kappa shape index (κ1) is 20.9. The van der Waals surface area contributed by atoms with Gasteiger partial charge in [-0.1, -0.05) is 36.4 Å². The van der Waals surface area contributed by atoms with E-state index in [0.29, 0.717) is 36.9 Å². The molecule has 0 aliphatic heterocycles. The van der Waals surface area contributed by atoms with Crippen LogP contribution in [0.2, 0.25) is 0 Å². The lowest BCUT2D eigenvalue weighted by Crippen LogP contribution is -2.87. The lowest BCUT2D eigenvalue weighted by molar-refractivity contribution is -0.675. The van der Waals surface area contributed by atoms with E-state index in [1.54, 1.807) is 17.4 Å². The highest BCUT2D eigenvalue weighted by molar-refractivity contribution is 7.10. The summed E-state index contributed by atoms with van der Waals surface area (Å²) >= 11 is 1.70. The van der Waals surface area contributed by atoms with Gasteiger partial charge in [0.1, 0.15) is 6.04 Å². The number of thiophene rings is 1. The van der Waals surface area contributed by atoms with Crippen molar-refractivity contribution in [1.82, 2.24) is 0 Å². The minimum absolute atomic E-state index is 0.0610. The molecule has 2 aromatic carbocycles. The van der Waals surface area contributed by atoms with Crippen molar-refractivity contribution in [3.63, 3.8) is 0 Å². The van der Waals surface area contributed by atoms with E-state index in [2.05, 4.69) is 34.2 Å². The van der Waals surface area contributed by atoms with E-state index in [4.69, 9.17) is 9.47 Å². The van der Waals surface area contributed by atoms with Crippen molar-refractivity contribution in [2.75, 3.05) is 25.1 Å². The Labute approximate surface area is 175 Å². The molecule has 3 rings (SSSR count). The van der Waals surface area contributed by atoms with Crippen molar-refractivity contribution in [1.29, 1.82) is 0 Å². The molecular formula is C23H27N2O3S+. The Balaban J connectivity index is 1.66. The number of nitrogens with two attached hydrogens (primary N) is 1. The van der Waals surface area contributed by atoms with E-state index in [1.165, 1.54) is 10.4 Å². The Bertz CT molecular complexity index is 898. The molecule has 1 aromatic heterocycles. The van der Waals surface area contributed by atoms with Gasteiger partial charge in [-0.25, -0.2) is 0 Å². The van der Waals surface area contributed by atoms with Crippen LogP contribution < -0.4 is 20.1 Å². The topological polar surface area (TPSA) is 64.2 Å². The number of carbonyl (C=O) groups is 1. The zero-order chi connectivity index (χ0) is 20.5. The van der Waals surface area contributed by atoms with Gasteiger partial charge in [-0.15, -0.1) is 11.3 Å². The van der Waals surface area contributed by atoms with Crippen LogP contribution in [0.15, 0.2) is 66.0 Å². The van der Waals surface area contributed by atoms with E-state index in [1.807, 2.05) is 50.2 Å². The minimum Gasteiger partial charge on any atom is -0.490 e. The number of quaternary nitrogens is 1. The molecule has 1 heterocycles. The van der Waals surface area contributed by atoms with Gasteiger partial charge in [0.15, 0.2) is 18.0 Å². The van der Waals surface area contributed by atoms with Gasteiger partial charge < -0.3 is 20.1 Å². The second-order valence-corrected chi connectivity index (χ2v) is 7.40. The smallest absolute Gasteiger partial charge is 0.279 e. The molecule has 1 amide bonds. The van der Waals surface area contributed by atoms with Crippen LogP contribution >= 0.6 is 11.3 Å². The molecule has 5 nitrogen and oxygen atoms in total. The quantitative estimate of drug-likeness (QED) is 0.533. The van der Waals surface area contributed by atoms with Crippen LogP contribution in [0.5, 0.6) is 11.5 Å². The summed E-state index contributed by atoms with van der Waals surface area (Å²) in [6.07, 6.45) is 0. The average molecular weight is 412 g/mol. The van der Waals surface area contributed by atoms with Crippen molar-refractivity contribution in [3.8, 4) is 11.5 Å². The molecule has 0 saturated heterocycles. The number of benzene rings is 2. The molecule has 0 aliphatic carbocycles. The number of hydrogen-bond donors (Lipinski definition) is 2. The Kier molecular flexibility index (Phi) is 7.67. The molecule has 3 aromatic rings. The number of hydrogen-bond acceptors (Lipinski definition) is 4. The molecule has 3 N–H and O–H groups in total. The van der Waals surface area contributed by atoms with Crippen LogP contribution in [-0.4, -0.2) is 25.7 Å². The van der Waals surface area contributed by atoms with Gasteiger partial charge in [-0.3, -0.25) is 4.79 Å². The first-order valence-electron chi connectivity index (χ1n) is 9.82. The summed E-state index contributed by atoms with van der Waals surface area (Å²) in [7, 11) is 0. The second-order valence-electron chi connectivity index (χ2n) is 6.42. The van der Waals surface area contributed by atoms with Crippen molar-refractivity contribution >= 4 is 22.9 Å². The lowest BCUT2D eigenvalue weighted by atomic mass is 10.1. The monoisotopic (exact) mass is 411 g/mol. The molecule has 1 atom stereocenters. The molecule has 29 heavy (non-hydrogen) atoms. The van der Waals surface area contributed by atoms with Crippen LogP contribution in [-0.2, 0) is 4.79 Å². The molecule has 6 heteroatoms. The van der Waals surface area contributed by atoms with Crippen LogP contribution in [0.4, 0.5) is 5.69 Å². The van der Waals surface area contributed by atoms with Gasteiger partial charge in [0.05, 0.1) is 18.1 Å². The highest BCUT2D eigenvalue weighted by Crippen LogP contribution is 2.30. The van der Waals surface area contributed by atoms with Crippen LogP contribution in [0.3, 0.4) is 0 Å². The molecular weight excluding hydrogens is 384 g/mol. The number of carbonyl (C=O) groups excluding carboxylic acids is 1. The van der Waals surface area contributed by atoms with E-state index < -0.39 is 0 Å². The van der Waals surface area contributed by atoms with Gasteiger partial charge in [0.2, 0.25) is 0 Å². The molecule has 0 unspecified atom stereocenters. The third-order valence-electron chi connectivity index (χ3n) is 4.37. The third-order valence-corrected chi connectivity index (χ3v) is 5.33. The summed E-state index contributed by atoms with van der Waals surface area (Å²) in [5, 5.41) is 7.09. The Morgan fingerprint density at radius 1 is 1.00 bits per heavy atom. The molecule has 0 fully saturated rings. The van der Waals surface area contributed by atoms with E-state index in [0.717, 1.165) is 0 Å². The fourth-order valence-electron chi connectivity index (χ4n) is 3.11. The van der Waals surface area contributed by atoms with Crippen molar-refractivity contribution in [3.05, 3.63) is 76.5 Å². The van der Waals surface area contributed by atoms with Crippen molar-refractivity contribution < 1.29 is 19.6 Å². The summed E-state index contributed by atoms with van der Waals surface area (Å²) in [6.45, 7) is 5.26. The zero-order valence-corrected chi connectivity index (χ0v) is 17.6. The van der Waals surface area contributed by atoms with Crippen LogP contribution in [0.25, 0.3) is 0 Å².